The van der Waals surface area contributed by atoms with Gasteiger partial charge in [-0.2, -0.15) is 0 Å². The maximum Gasteiger partial charge on any atom is 0.0818 e. The maximum atomic E-state index is 5.06. The van der Waals surface area contributed by atoms with Gasteiger partial charge in [0.25, 0.3) is 0 Å². The van der Waals surface area contributed by atoms with Gasteiger partial charge in [-0.3, -0.25) is 0 Å². The van der Waals surface area contributed by atoms with Gasteiger partial charge in [0.05, 0.1) is 39.5 Å². The molecule has 5 heterocycles. The summed E-state index contributed by atoms with van der Waals surface area (Å²) in [6.07, 6.45) is 13.2. The third-order valence-corrected chi connectivity index (χ3v) is 8.04. The average Bonchev–Trinajstić information content (AvgIpc) is 3.86. The van der Waals surface area contributed by atoms with Crippen LogP contribution in [0.2, 0.25) is 0 Å². The molecule has 0 atom stereocenters. The Bertz CT molecular complexity index is 1840. The lowest BCUT2D eigenvalue weighted by Crippen LogP contribution is -2.02. The number of nitrogens with zero attached hydrogens (tertiary/aromatic N) is 2. The van der Waals surface area contributed by atoms with Crippen molar-refractivity contribution < 1.29 is 0 Å². The molecule has 3 aromatic heterocycles. The molecule has 5 aromatic rings. The lowest BCUT2D eigenvalue weighted by molar-refractivity contribution is 0.685. The molecule has 0 fully saturated rings. The lowest BCUT2D eigenvalue weighted by Gasteiger charge is -2.08. The van der Waals surface area contributed by atoms with Crippen LogP contribution in [0.15, 0.2) is 91.0 Å². The predicted octanol–water partition coefficient (Wildman–Crippen LogP) is 9.98. The number of hydrogen-bond donors (Lipinski definition) is 3. The van der Waals surface area contributed by atoms with Crippen molar-refractivity contribution in [2.75, 3.05) is 11.9 Å². The Morgan fingerprint density at radius 2 is 1.07 bits per heavy atom. The van der Waals surface area contributed by atoms with E-state index in [9.17, 15) is 0 Å². The quantitative estimate of drug-likeness (QED) is 0.162. The molecule has 0 amide bonds. The van der Waals surface area contributed by atoms with E-state index in [0.717, 1.165) is 85.7 Å². The van der Waals surface area contributed by atoms with Crippen molar-refractivity contribution in [3.63, 3.8) is 0 Å². The van der Waals surface area contributed by atoms with Gasteiger partial charge >= 0.3 is 0 Å². The van der Waals surface area contributed by atoms with Gasteiger partial charge < -0.3 is 15.3 Å². The minimum atomic E-state index is 0.886. The van der Waals surface area contributed by atoms with E-state index in [1.807, 2.05) is 12.1 Å². The molecule has 5 nitrogen and oxygen atoms in total. The zero-order chi connectivity index (χ0) is 29.0. The second-order valence-corrected chi connectivity index (χ2v) is 11.1. The van der Waals surface area contributed by atoms with E-state index in [4.69, 9.17) is 9.97 Å². The van der Waals surface area contributed by atoms with Gasteiger partial charge in [0.1, 0.15) is 0 Å². The zero-order valence-corrected chi connectivity index (χ0v) is 24.4. The van der Waals surface area contributed by atoms with Gasteiger partial charge in [0.2, 0.25) is 0 Å². The van der Waals surface area contributed by atoms with Crippen LogP contribution < -0.4 is 5.32 Å². The van der Waals surface area contributed by atoms with Gasteiger partial charge in [0, 0.05) is 28.7 Å². The number of aromatic nitrogens is 4. The summed E-state index contributed by atoms with van der Waals surface area (Å²) in [5.74, 6) is 0. The monoisotopic (exact) mass is 561 g/mol. The molecule has 0 saturated carbocycles. The highest BCUT2D eigenvalue weighted by Gasteiger charge is 2.14. The molecule has 43 heavy (non-hydrogen) atoms. The second-order valence-electron chi connectivity index (χ2n) is 11.1. The van der Waals surface area contributed by atoms with Gasteiger partial charge in [-0.1, -0.05) is 86.8 Å². The summed E-state index contributed by atoms with van der Waals surface area (Å²) in [6, 6.07) is 31.7. The first kappa shape index (κ1) is 26.7. The van der Waals surface area contributed by atoms with Crippen LogP contribution in [0.4, 0.5) is 5.69 Å². The standard InChI is InChI=1S/C38H35N5/c1-2-3-4-11-24-39-38-34-22-20-32(42-34)36(26-12-7-5-8-13-26)30-18-16-28(40-30)25-29-17-19-31(41-29)37(27-14-9-6-10-15-27)33-21-23-35(38)43-33/h5-10,12-23,25,39,42-43H,2-4,11,24H2,1H3. The summed E-state index contributed by atoms with van der Waals surface area (Å²) in [5, 5.41) is 3.78. The van der Waals surface area contributed by atoms with E-state index < -0.39 is 0 Å². The highest BCUT2D eigenvalue weighted by atomic mass is 14.9. The molecule has 2 aliphatic rings. The third kappa shape index (κ3) is 5.54. The topological polar surface area (TPSA) is 69.4 Å². The summed E-state index contributed by atoms with van der Waals surface area (Å²) in [5.41, 5.74) is 13.2. The van der Waals surface area contributed by atoms with E-state index in [1.165, 1.54) is 19.3 Å². The van der Waals surface area contributed by atoms with E-state index in [-0.39, 0.29) is 0 Å². The van der Waals surface area contributed by atoms with Crippen molar-refractivity contribution in [2.45, 2.75) is 32.6 Å². The number of rotatable bonds is 8. The molecule has 0 radical (unpaired) electrons. The third-order valence-electron chi connectivity index (χ3n) is 8.04. The van der Waals surface area contributed by atoms with E-state index in [2.05, 4.69) is 125 Å². The highest BCUT2D eigenvalue weighted by molar-refractivity contribution is 5.96. The average molecular weight is 562 g/mol. The van der Waals surface area contributed by atoms with Crippen LogP contribution in [-0.2, 0) is 0 Å². The fourth-order valence-corrected chi connectivity index (χ4v) is 5.91. The van der Waals surface area contributed by atoms with Crippen molar-refractivity contribution in [2.24, 2.45) is 0 Å². The van der Waals surface area contributed by atoms with Crippen LogP contribution >= 0.6 is 0 Å². The van der Waals surface area contributed by atoms with E-state index in [1.54, 1.807) is 0 Å². The maximum absolute atomic E-state index is 5.06. The highest BCUT2D eigenvalue weighted by Crippen LogP contribution is 2.34. The fourth-order valence-electron chi connectivity index (χ4n) is 5.91. The molecule has 5 heteroatoms. The Morgan fingerprint density at radius 3 is 1.58 bits per heavy atom. The number of anilines is 1. The van der Waals surface area contributed by atoms with Gasteiger partial charge in [-0.25, -0.2) is 9.97 Å². The Balaban J connectivity index is 1.53. The summed E-state index contributed by atoms with van der Waals surface area (Å²) >= 11 is 0. The Kier molecular flexibility index (Phi) is 7.45. The first-order valence-corrected chi connectivity index (χ1v) is 15.2. The Hall–Kier alpha value is -5.16. The van der Waals surface area contributed by atoms with Crippen molar-refractivity contribution in [1.82, 2.24) is 19.9 Å². The van der Waals surface area contributed by atoms with Gasteiger partial charge in [-0.15, -0.1) is 0 Å². The number of H-pyrrole nitrogens is 2. The summed E-state index contributed by atoms with van der Waals surface area (Å²) < 4.78 is 0. The largest absolute Gasteiger partial charge is 0.382 e. The van der Waals surface area contributed by atoms with Crippen LogP contribution in [0, 0.1) is 0 Å². The number of nitrogens with one attached hydrogen (secondary N) is 3. The summed E-state index contributed by atoms with van der Waals surface area (Å²) in [7, 11) is 0. The summed E-state index contributed by atoms with van der Waals surface area (Å²) in [4.78, 5) is 17.6. The van der Waals surface area contributed by atoms with Crippen molar-refractivity contribution in [3.05, 3.63) is 114 Å². The van der Waals surface area contributed by atoms with E-state index >= 15 is 0 Å². The number of aromatic amines is 2. The smallest absolute Gasteiger partial charge is 0.0818 e. The van der Waals surface area contributed by atoms with Crippen molar-refractivity contribution >= 4 is 52.1 Å². The first-order valence-electron chi connectivity index (χ1n) is 15.2. The number of benzene rings is 2. The molecule has 0 unspecified atom stereocenters. The fraction of sp³-hybridized carbons (Fsp3) is 0.158. The predicted molar refractivity (Wildman–Crippen MR) is 182 cm³/mol. The minimum Gasteiger partial charge on any atom is -0.382 e. The van der Waals surface area contributed by atoms with Crippen molar-refractivity contribution in [1.29, 1.82) is 0 Å². The van der Waals surface area contributed by atoms with Gasteiger partial charge in [0.15, 0.2) is 0 Å². The molecule has 0 aliphatic carbocycles. The van der Waals surface area contributed by atoms with Crippen LogP contribution in [0.5, 0.6) is 0 Å². The molecule has 3 N–H and O–H groups in total. The van der Waals surface area contributed by atoms with E-state index in [0.29, 0.717) is 0 Å². The molecular formula is C38H35N5. The molecule has 2 aromatic carbocycles. The normalized spacial score (nSPS) is 12.1. The van der Waals surface area contributed by atoms with Crippen LogP contribution in [0.1, 0.15) is 55.4 Å². The second kappa shape index (κ2) is 12.0. The molecule has 2 aliphatic heterocycles. The number of hydrogen-bond acceptors (Lipinski definition) is 3. The molecule has 212 valence electrons. The zero-order valence-electron chi connectivity index (χ0n) is 24.4. The molecule has 7 rings (SSSR count). The number of fused-ring (bicyclic) bond motifs is 8. The Labute approximate surface area is 252 Å². The first-order chi connectivity index (χ1) is 21.3. The molecule has 8 bridgehead atoms. The SMILES string of the molecule is CCCCCCNc1c2ccc([nH]2)c(-c2ccccc2)c2nc(cc3nc(c(-c4ccccc4)c4ccc1[nH]4)C=C3)C=C2. The van der Waals surface area contributed by atoms with Crippen LogP contribution in [-0.4, -0.2) is 26.5 Å². The molecular weight excluding hydrogens is 526 g/mol. The van der Waals surface area contributed by atoms with Crippen LogP contribution in [0.25, 0.3) is 68.6 Å². The summed E-state index contributed by atoms with van der Waals surface area (Å²) in [6.45, 7) is 3.15. The molecule has 0 spiro atoms. The number of unbranched alkanes of at least 4 members (excludes halogenated alkanes) is 3. The Morgan fingerprint density at radius 1 is 0.558 bits per heavy atom. The van der Waals surface area contributed by atoms with Crippen LogP contribution in [0.3, 0.4) is 0 Å². The van der Waals surface area contributed by atoms with Crippen molar-refractivity contribution in [3.8, 4) is 22.3 Å². The lowest BCUT2D eigenvalue weighted by atomic mass is 10.0. The minimum absolute atomic E-state index is 0.886. The molecule has 0 saturated heterocycles. The van der Waals surface area contributed by atoms with Gasteiger partial charge in [-0.05, 0) is 72.2 Å².